The molecule has 0 aromatic heterocycles. The van der Waals surface area contributed by atoms with Gasteiger partial charge in [0.2, 0.25) is 5.91 Å². The Hall–Kier alpha value is -1.52. The monoisotopic (exact) mass is 245 g/mol. The van der Waals surface area contributed by atoms with E-state index < -0.39 is 18.1 Å². The van der Waals surface area contributed by atoms with Crippen molar-refractivity contribution in [3.05, 3.63) is 35.4 Å². The van der Waals surface area contributed by atoms with Crippen LogP contribution in [0.1, 0.15) is 18.1 Å². The van der Waals surface area contributed by atoms with E-state index in [9.17, 15) is 18.0 Å². The zero-order valence-electron chi connectivity index (χ0n) is 9.64. The van der Waals surface area contributed by atoms with Gasteiger partial charge in [-0.2, -0.15) is 13.2 Å². The number of hydrogen-bond acceptors (Lipinski definition) is 1. The lowest BCUT2D eigenvalue weighted by Gasteiger charge is -2.21. The molecule has 1 amide bonds. The largest absolute Gasteiger partial charge is 0.408 e. The summed E-state index contributed by atoms with van der Waals surface area (Å²) in [5.41, 5.74) is 1.53. The Bertz CT molecular complexity index is 384. The Morgan fingerprint density at radius 1 is 1.29 bits per heavy atom. The molecule has 94 valence electrons. The van der Waals surface area contributed by atoms with Gasteiger partial charge in [0.05, 0.1) is 0 Å². The molecule has 17 heavy (non-hydrogen) atoms. The second kappa shape index (κ2) is 5.21. The Morgan fingerprint density at radius 2 is 1.82 bits per heavy atom. The van der Waals surface area contributed by atoms with Crippen LogP contribution in [0.15, 0.2) is 24.3 Å². The molecule has 0 aliphatic heterocycles. The molecule has 1 N–H and O–H groups in total. The topological polar surface area (TPSA) is 29.1 Å². The van der Waals surface area contributed by atoms with E-state index in [1.165, 1.54) is 0 Å². The van der Waals surface area contributed by atoms with Crippen LogP contribution in [0.5, 0.6) is 0 Å². The van der Waals surface area contributed by atoms with Crippen LogP contribution in [0.25, 0.3) is 0 Å². The van der Waals surface area contributed by atoms with Crippen molar-refractivity contribution in [3.8, 4) is 0 Å². The van der Waals surface area contributed by atoms with E-state index in [-0.39, 0.29) is 6.42 Å². The van der Waals surface area contributed by atoms with Crippen molar-refractivity contribution < 1.29 is 18.0 Å². The summed E-state index contributed by atoms with van der Waals surface area (Å²) in [5.74, 6) is -0.681. The Kier molecular flexibility index (Phi) is 4.15. The van der Waals surface area contributed by atoms with Gasteiger partial charge in [-0.05, 0) is 12.5 Å². The highest BCUT2D eigenvalue weighted by molar-refractivity contribution is 5.73. The van der Waals surface area contributed by atoms with Crippen molar-refractivity contribution in [3.63, 3.8) is 0 Å². The molecule has 2 nitrogen and oxygen atoms in total. The summed E-state index contributed by atoms with van der Waals surface area (Å²) in [7, 11) is 0. The lowest BCUT2D eigenvalue weighted by Crippen LogP contribution is -2.46. The van der Waals surface area contributed by atoms with Crippen molar-refractivity contribution in [2.45, 2.75) is 32.5 Å². The summed E-state index contributed by atoms with van der Waals surface area (Å²) < 4.78 is 37.9. The molecule has 1 atom stereocenters. The number of carbonyl (C=O) groups is 1. The van der Waals surface area contributed by atoms with Gasteiger partial charge in [-0.15, -0.1) is 0 Å². The fourth-order valence-electron chi connectivity index (χ4n) is 1.45. The third-order valence-electron chi connectivity index (χ3n) is 2.33. The lowest BCUT2D eigenvalue weighted by atomic mass is 10.0. The van der Waals surface area contributed by atoms with Crippen LogP contribution in [0.3, 0.4) is 0 Å². The highest BCUT2D eigenvalue weighted by atomic mass is 19.4. The summed E-state index contributed by atoms with van der Waals surface area (Å²) in [6.45, 7) is 2.94. The predicted octanol–water partition coefficient (Wildman–Crippen LogP) is 2.60. The Labute approximate surface area is 97.8 Å². The number of rotatable bonds is 3. The average molecular weight is 245 g/mol. The molecule has 0 spiro atoms. The molecule has 0 saturated carbocycles. The number of halogens is 3. The first kappa shape index (κ1) is 13.5. The first-order valence-corrected chi connectivity index (χ1v) is 5.18. The van der Waals surface area contributed by atoms with Gasteiger partial charge in [-0.1, -0.05) is 29.8 Å². The van der Waals surface area contributed by atoms with Crippen molar-refractivity contribution in [1.82, 2.24) is 5.32 Å². The van der Waals surface area contributed by atoms with Gasteiger partial charge in [0.1, 0.15) is 6.04 Å². The minimum atomic E-state index is -4.43. The maximum Gasteiger partial charge on any atom is 0.408 e. The highest BCUT2D eigenvalue weighted by Gasteiger charge is 2.40. The van der Waals surface area contributed by atoms with E-state index >= 15 is 0 Å². The molecule has 0 radical (unpaired) electrons. The van der Waals surface area contributed by atoms with Crippen LogP contribution >= 0.6 is 0 Å². The van der Waals surface area contributed by atoms with Crippen molar-refractivity contribution in [2.24, 2.45) is 0 Å². The molecule has 0 heterocycles. The quantitative estimate of drug-likeness (QED) is 0.871. The van der Waals surface area contributed by atoms with Gasteiger partial charge in [0, 0.05) is 13.3 Å². The fourth-order valence-corrected chi connectivity index (χ4v) is 1.45. The van der Waals surface area contributed by atoms with Crippen LogP contribution in [-0.2, 0) is 11.2 Å². The minimum absolute atomic E-state index is 0.247. The van der Waals surface area contributed by atoms with Crippen molar-refractivity contribution in [2.75, 3.05) is 0 Å². The maximum absolute atomic E-state index is 12.6. The van der Waals surface area contributed by atoms with Gasteiger partial charge in [0.15, 0.2) is 0 Å². The number of benzene rings is 1. The van der Waals surface area contributed by atoms with Crippen LogP contribution < -0.4 is 5.32 Å². The summed E-state index contributed by atoms with van der Waals surface area (Å²) in [5, 5.41) is 1.92. The normalized spacial score (nSPS) is 13.2. The third kappa shape index (κ3) is 4.46. The summed E-state index contributed by atoms with van der Waals surface area (Å²) in [6, 6.07) is 4.93. The van der Waals surface area contributed by atoms with Gasteiger partial charge < -0.3 is 5.32 Å². The molecule has 1 rings (SSSR count). The van der Waals surface area contributed by atoms with Gasteiger partial charge in [0.25, 0.3) is 0 Å². The first-order chi connectivity index (χ1) is 7.79. The lowest BCUT2D eigenvalue weighted by molar-refractivity contribution is -0.160. The molecule has 0 saturated heterocycles. The van der Waals surface area contributed by atoms with Crippen LogP contribution in [0.2, 0.25) is 0 Å². The SMILES string of the molecule is CC(=O)N[C@H](Cc1ccc(C)cc1)C(F)(F)F. The minimum Gasteiger partial charge on any atom is -0.344 e. The van der Waals surface area contributed by atoms with Crippen LogP contribution in [0.4, 0.5) is 13.2 Å². The molecule has 0 aliphatic carbocycles. The van der Waals surface area contributed by atoms with Gasteiger partial charge in [-0.25, -0.2) is 0 Å². The molecule has 1 aromatic carbocycles. The molecule has 0 unspecified atom stereocenters. The molecule has 5 heteroatoms. The van der Waals surface area contributed by atoms with E-state index in [0.29, 0.717) is 5.56 Å². The Morgan fingerprint density at radius 3 is 2.24 bits per heavy atom. The molecular weight excluding hydrogens is 231 g/mol. The molecular formula is C12H14F3NO. The van der Waals surface area contributed by atoms with Crippen LogP contribution in [0, 0.1) is 6.92 Å². The van der Waals surface area contributed by atoms with E-state index in [1.54, 1.807) is 24.3 Å². The molecule has 0 bridgehead atoms. The highest BCUT2D eigenvalue weighted by Crippen LogP contribution is 2.23. The second-order valence-corrected chi connectivity index (χ2v) is 3.98. The maximum atomic E-state index is 12.6. The average Bonchev–Trinajstić information content (AvgIpc) is 2.18. The molecule has 1 aromatic rings. The van der Waals surface area contributed by atoms with E-state index in [4.69, 9.17) is 0 Å². The fraction of sp³-hybridized carbons (Fsp3) is 0.417. The zero-order chi connectivity index (χ0) is 13.1. The standard InChI is InChI=1S/C12H14F3NO/c1-8-3-5-10(6-4-8)7-11(12(13,14)15)16-9(2)17/h3-6,11H,7H2,1-2H3,(H,16,17)/t11-/m1/s1. The van der Waals surface area contributed by atoms with E-state index in [1.807, 2.05) is 12.2 Å². The summed E-state index contributed by atoms with van der Waals surface area (Å²) in [6.07, 6.45) is -4.68. The number of amides is 1. The van der Waals surface area contributed by atoms with Gasteiger partial charge >= 0.3 is 6.18 Å². The van der Waals surface area contributed by atoms with Gasteiger partial charge in [-0.3, -0.25) is 4.79 Å². The smallest absolute Gasteiger partial charge is 0.344 e. The first-order valence-electron chi connectivity index (χ1n) is 5.18. The van der Waals surface area contributed by atoms with Crippen molar-refractivity contribution in [1.29, 1.82) is 0 Å². The van der Waals surface area contributed by atoms with Crippen LogP contribution in [-0.4, -0.2) is 18.1 Å². The number of alkyl halides is 3. The number of carbonyl (C=O) groups excluding carboxylic acids is 1. The van der Waals surface area contributed by atoms with E-state index in [2.05, 4.69) is 0 Å². The predicted molar refractivity (Wildman–Crippen MR) is 58.5 cm³/mol. The molecule has 0 aliphatic rings. The third-order valence-corrected chi connectivity index (χ3v) is 2.33. The van der Waals surface area contributed by atoms with Crippen molar-refractivity contribution >= 4 is 5.91 Å². The molecule has 0 fully saturated rings. The number of hydrogen-bond donors (Lipinski definition) is 1. The number of aryl methyl sites for hydroxylation is 1. The number of nitrogens with one attached hydrogen (secondary N) is 1. The van der Waals surface area contributed by atoms with E-state index in [0.717, 1.165) is 12.5 Å². The second-order valence-electron chi connectivity index (χ2n) is 3.98. The summed E-state index contributed by atoms with van der Waals surface area (Å²) >= 11 is 0. The summed E-state index contributed by atoms with van der Waals surface area (Å²) in [4.78, 5) is 10.7. The Balaban J connectivity index is 2.79. The zero-order valence-corrected chi connectivity index (χ0v) is 9.64.